The molecule has 0 radical (unpaired) electrons. The lowest BCUT2D eigenvalue weighted by atomic mass is 9.88. The average Bonchev–Trinajstić information content (AvgIpc) is 2.68. The van der Waals surface area contributed by atoms with Crippen LogP contribution in [0.3, 0.4) is 0 Å². The van der Waals surface area contributed by atoms with Gasteiger partial charge in [0, 0.05) is 45.5 Å². The van der Waals surface area contributed by atoms with Gasteiger partial charge in [0.2, 0.25) is 11.9 Å². The molecule has 2 atom stereocenters. The van der Waals surface area contributed by atoms with Gasteiger partial charge in [-0.05, 0) is 24.5 Å². The summed E-state index contributed by atoms with van der Waals surface area (Å²) in [5.74, 6) is 1.04. The molecule has 2 aromatic rings. The van der Waals surface area contributed by atoms with Crippen molar-refractivity contribution in [2.24, 2.45) is 5.92 Å². The van der Waals surface area contributed by atoms with E-state index in [1.807, 2.05) is 12.1 Å². The molecule has 1 fully saturated rings. The highest BCUT2D eigenvalue weighted by atomic mass is 16.5. The molecule has 138 valence electrons. The van der Waals surface area contributed by atoms with E-state index < -0.39 is 0 Å². The fraction of sp³-hybridized carbons (Fsp3) is 0.450. The molecule has 0 aliphatic carbocycles. The number of aromatic nitrogens is 2. The van der Waals surface area contributed by atoms with Gasteiger partial charge in [0.15, 0.2) is 0 Å². The number of hydrogen-bond donors (Lipinski definition) is 0. The Morgan fingerprint density at radius 1 is 1.19 bits per heavy atom. The summed E-state index contributed by atoms with van der Waals surface area (Å²) in [4.78, 5) is 24.4. The number of amides is 1. The summed E-state index contributed by atoms with van der Waals surface area (Å²) in [6.45, 7) is 1.78. The van der Waals surface area contributed by atoms with Crippen molar-refractivity contribution in [1.29, 1.82) is 0 Å². The van der Waals surface area contributed by atoms with Gasteiger partial charge in [-0.1, -0.05) is 30.3 Å². The molecule has 3 rings (SSSR count). The molecular weight excluding hydrogens is 328 g/mol. The third-order valence-electron chi connectivity index (χ3n) is 4.76. The van der Waals surface area contributed by atoms with Gasteiger partial charge in [-0.3, -0.25) is 4.79 Å². The highest BCUT2D eigenvalue weighted by Gasteiger charge is 2.31. The summed E-state index contributed by atoms with van der Waals surface area (Å²) in [5.41, 5.74) is 1.28. The van der Waals surface area contributed by atoms with Crippen molar-refractivity contribution in [2.45, 2.75) is 18.9 Å². The molecule has 26 heavy (non-hydrogen) atoms. The Morgan fingerprint density at radius 3 is 2.62 bits per heavy atom. The first kappa shape index (κ1) is 18.3. The number of ether oxygens (including phenoxy) is 1. The standard InChI is InChI=1S/C20H26N4O2/c1-23(2)19(25)15-26-18-9-12-24(20-21-10-6-11-22-20)14-17(18)13-16-7-4-3-5-8-16/h3-8,10-11,17-18H,9,12-15H2,1-2H3/t17-,18+/m0/s1. The van der Waals surface area contributed by atoms with E-state index in [0.29, 0.717) is 0 Å². The topological polar surface area (TPSA) is 58.6 Å². The quantitative estimate of drug-likeness (QED) is 0.794. The van der Waals surface area contributed by atoms with E-state index in [4.69, 9.17) is 4.74 Å². The van der Waals surface area contributed by atoms with E-state index >= 15 is 0 Å². The van der Waals surface area contributed by atoms with Crippen molar-refractivity contribution in [3.63, 3.8) is 0 Å². The number of anilines is 1. The van der Waals surface area contributed by atoms with E-state index in [2.05, 4.69) is 39.1 Å². The van der Waals surface area contributed by atoms with Gasteiger partial charge < -0.3 is 14.5 Å². The third-order valence-corrected chi connectivity index (χ3v) is 4.76. The second-order valence-corrected chi connectivity index (χ2v) is 6.87. The van der Waals surface area contributed by atoms with Crippen molar-refractivity contribution in [3.8, 4) is 0 Å². The van der Waals surface area contributed by atoms with Crippen LogP contribution in [0.1, 0.15) is 12.0 Å². The molecule has 6 nitrogen and oxygen atoms in total. The zero-order valence-electron chi connectivity index (χ0n) is 15.4. The Labute approximate surface area is 154 Å². The molecule has 1 aromatic carbocycles. The minimum atomic E-state index is -0.00252. The van der Waals surface area contributed by atoms with Crippen molar-refractivity contribution < 1.29 is 9.53 Å². The van der Waals surface area contributed by atoms with Crippen molar-refractivity contribution in [1.82, 2.24) is 14.9 Å². The predicted molar refractivity (Wildman–Crippen MR) is 101 cm³/mol. The van der Waals surface area contributed by atoms with Crippen LogP contribution in [0.2, 0.25) is 0 Å². The van der Waals surface area contributed by atoms with E-state index in [1.165, 1.54) is 5.56 Å². The molecular formula is C20H26N4O2. The minimum Gasteiger partial charge on any atom is -0.368 e. The van der Waals surface area contributed by atoms with E-state index in [0.717, 1.165) is 31.9 Å². The molecule has 0 N–H and O–H groups in total. The van der Waals surface area contributed by atoms with Crippen LogP contribution in [0.15, 0.2) is 48.8 Å². The summed E-state index contributed by atoms with van der Waals surface area (Å²) in [5, 5.41) is 0. The fourth-order valence-corrected chi connectivity index (χ4v) is 3.29. The van der Waals surface area contributed by atoms with Gasteiger partial charge in [0.1, 0.15) is 6.61 Å². The maximum atomic E-state index is 11.9. The molecule has 0 bridgehead atoms. The molecule has 0 saturated carbocycles. The van der Waals surface area contributed by atoms with Crippen LogP contribution in [0.4, 0.5) is 5.95 Å². The first-order valence-electron chi connectivity index (χ1n) is 9.01. The monoisotopic (exact) mass is 354 g/mol. The molecule has 1 aliphatic heterocycles. The second kappa shape index (κ2) is 8.76. The lowest BCUT2D eigenvalue weighted by Crippen LogP contribution is -2.46. The minimum absolute atomic E-state index is 0.00252. The number of carbonyl (C=O) groups excluding carboxylic acids is 1. The number of carbonyl (C=O) groups is 1. The molecule has 0 spiro atoms. The molecule has 1 saturated heterocycles. The van der Waals surface area contributed by atoms with Gasteiger partial charge >= 0.3 is 0 Å². The summed E-state index contributed by atoms with van der Waals surface area (Å²) in [7, 11) is 3.50. The van der Waals surface area contributed by atoms with Crippen LogP contribution >= 0.6 is 0 Å². The Kier molecular flexibility index (Phi) is 6.17. The van der Waals surface area contributed by atoms with E-state index in [-0.39, 0.29) is 24.5 Å². The summed E-state index contributed by atoms with van der Waals surface area (Å²) >= 11 is 0. The molecule has 0 unspecified atom stereocenters. The maximum absolute atomic E-state index is 11.9. The molecule has 1 amide bonds. The van der Waals surface area contributed by atoms with E-state index in [9.17, 15) is 4.79 Å². The number of hydrogen-bond acceptors (Lipinski definition) is 5. The summed E-state index contributed by atoms with van der Waals surface area (Å²) in [6.07, 6.45) is 5.36. The highest BCUT2D eigenvalue weighted by Crippen LogP contribution is 2.26. The molecule has 6 heteroatoms. The number of likely N-dealkylation sites (N-methyl/N-ethyl adjacent to an activating group) is 1. The van der Waals surface area contributed by atoms with Crippen LogP contribution in [0.5, 0.6) is 0 Å². The van der Waals surface area contributed by atoms with Crippen molar-refractivity contribution in [3.05, 3.63) is 54.4 Å². The normalized spacial score (nSPS) is 20.0. The summed E-state index contributed by atoms with van der Waals surface area (Å²) in [6, 6.07) is 12.2. The van der Waals surface area contributed by atoms with Crippen LogP contribution in [0, 0.1) is 5.92 Å². The molecule has 1 aromatic heterocycles. The zero-order valence-corrected chi connectivity index (χ0v) is 15.4. The van der Waals surface area contributed by atoms with Gasteiger partial charge in [-0.15, -0.1) is 0 Å². The first-order valence-corrected chi connectivity index (χ1v) is 9.01. The van der Waals surface area contributed by atoms with Gasteiger partial charge in [0.05, 0.1) is 6.10 Å². The number of piperidine rings is 1. The number of nitrogens with zero attached hydrogens (tertiary/aromatic N) is 4. The number of rotatable bonds is 6. The maximum Gasteiger partial charge on any atom is 0.248 e. The second-order valence-electron chi connectivity index (χ2n) is 6.87. The van der Waals surface area contributed by atoms with Gasteiger partial charge in [0.25, 0.3) is 0 Å². The average molecular weight is 354 g/mol. The largest absolute Gasteiger partial charge is 0.368 e. The zero-order chi connectivity index (χ0) is 18.4. The predicted octanol–water partition coefficient (Wildman–Crippen LogP) is 2.02. The van der Waals surface area contributed by atoms with Gasteiger partial charge in [-0.2, -0.15) is 0 Å². The lowest BCUT2D eigenvalue weighted by molar-refractivity contribution is -0.137. The lowest BCUT2D eigenvalue weighted by Gasteiger charge is -2.38. The van der Waals surface area contributed by atoms with Crippen molar-refractivity contribution in [2.75, 3.05) is 38.7 Å². The molecule has 1 aliphatic rings. The summed E-state index contributed by atoms with van der Waals surface area (Å²) < 4.78 is 6.02. The highest BCUT2D eigenvalue weighted by molar-refractivity contribution is 5.76. The van der Waals surface area contributed by atoms with Crippen molar-refractivity contribution >= 4 is 11.9 Å². The number of benzene rings is 1. The van der Waals surface area contributed by atoms with Crippen LogP contribution in [-0.4, -0.2) is 60.7 Å². The fourth-order valence-electron chi connectivity index (χ4n) is 3.29. The van der Waals surface area contributed by atoms with Crippen LogP contribution in [-0.2, 0) is 16.0 Å². The van der Waals surface area contributed by atoms with Crippen LogP contribution < -0.4 is 4.90 Å². The Balaban J connectivity index is 1.70. The first-order chi connectivity index (χ1) is 12.6. The van der Waals surface area contributed by atoms with Gasteiger partial charge in [-0.25, -0.2) is 9.97 Å². The van der Waals surface area contributed by atoms with Crippen LogP contribution in [0.25, 0.3) is 0 Å². The smallest absolute Gasteiger partial charge is 0.248 e. The third kappa shape index (κ3) is 4.79. The Hall–Kier alpha value is -2.47. The van der Waals surface area contributed by atoms with E-state index in [1.54, 1.807) is 31.4 Å². The Morgan fingerprint density at radius 2 is 1.92 bits per heavy atom. The SMILES string of the molecule is CN(C)C(=O)CO[C@@H]1CCN(c2ncccn2)C[C@@H]1Cc1ccccc1. The molecule has 2 heterocycles. The Bertz CT molecular complexity index is 693.